The molecule has 0 aromatic carbocycles. The Morgan fingerprint density at radius 3 is 2.53 bits per heavy atom. The molecule has 1 heterocycles. The molecular weight excluding hydrogens is 242 g/mol. The highest BCUT2D eigenvalue weighted by molar-refractivity contribution is 5.71. The van der Waals surface area contributed by atoms with E-state index in [0.717, 1.165) is 11.6 Å². The molecule has 0 saturated heterocycles. The van der Waals surface area contributed by atoms with Gasteiger partial charge in [-0.3, -0.25) is 9.48 Å². The van der Waals surface area contributed by atoms with Crippen LogP contribution in [-0.4, -0.2) is 25.8 Å². The smallest absolute Gasteiger partial charge is 0.307 e. The summed E-state index contributed by atoms with van der Waals surface area (Å²) in [6.07, 6.45) is 5.26. The first kappa shape index (κ1) is 13.8. The first-order valence-corrected chi connectivity index (χ1v) is 6.60. The zero-order valence-corrected chi connectivity index (χ0v) is 11.9. The second kappa shape index (κ2) is 4.79. The van der Waals surface area contributed by atoms with Gasteiger partial charge in [0.15, 0.2) is 5.82 Å². The van der Waals surface area contributed by atoms with Crippen molar-refractivity contribution >= 4 is 5.97 Å². The Labute approximate surface area is 113 Å². The Bertz CT molecular complexity index is 511. The summed E-state index contributed by atoms with van der Waals surface area (Å²) in [6, 6.07) is 0. The standard InChI is InChI=1S/C14H21N3O2/c1-14(2,3)13-15-11(17(4)16-13)9-7-5-6-8-10(9)12(18)19/h5-6,9-10H,7-8H2,1-4H3,(H,18,19). The Morgan fingerprint density at radius 2 is 2.00 bits per heavy atom. The Hall–Kier alpha value is -1.65. The van der Waals surface area contributed by atoms with Gasteiger partial charge in [-0.25, -0.2) is 4.98 Å². The van der Waals surface area contributed by atoms with Gasteiger partial charge in [0.05, 0.1) is 5.92 Å². The van der Waals surface area contributed by atoms with E-state index in [1.54, 1.807) is 4.68 Å². The van der Waals surface area contributed by atoms with Gasteiger partial charge in [-0.15, -0.1) is 0 Å². The Morgan fingerprint density at radius 1 is 1.37 bits per heavy atom. The molecule has 1 aliphatic carbocycles. The third kappa shape index (κ3) is 2.69. The van der Waals surface area contributed by atoms with Crippen molar-refractivity contribution in [3.63, 3.8) is 0 Å². The number of hydrogen-bond acceptors (Lipinski definition) is 3. The van der Waals surface area contributed by atoms with Gasteiger partial charge in [-0.1, -0.05) is 32.9 Å². The fourth-order valence-corrected chi connectivity index (χ4v) is 2.41. The van der Waals surface area contributed by atoms with E-state index in [0.29, 0.717) is 12.8 Å². The highest BCUT2D eigenvalue weighted by atomic mass is 16.4. The SMILES string of the molecule is Cn1nc(C(C)(C)C)nc1C1CC=CCC1C(=O)O. The van der Waals surface area contributed by atoms with Crippen LogP contribution in [0.15, 0.2) is 12.2 Å². The Kier molecular flexibility index (Phi) is 3.47. The minimum absolute atomic E-state index is 0.0869. The molecule has 1 N–H and O–H groups in total. The molecule has 104 valence electrons. The van der Waals surface area contributed by atoms with E-state index in [-0.39, 0.29) is 11.3 Å². The second-order valence-corrected chi connectivity index (χ2v) is 6.16. The zero-order valence-electron chi connectivity index (χ0n) is 11.9. The molecule has 0 amide bonds. The summed E-state index contributed by atoms with van der Waals surface area (Å²) >= 11 is 0. The second-order valence-electron chi connectivity index (χ2n) is 6.16. The molecule has 0 bridgehead atoms. The molecule has 2 atom stereocenters. The lowest BCUT2D eigenvalue weighted by Crippen LogP contribution is -2.25. The van der Waals surface area contributed by atoms with Gasteiger partial charge in [0.1, 0.15) is 5.82 Å². The first-order chi connectivity index (χ1) is 8.80. The summed E-state index contributed by atoms with van der Waals surface area (Å²) in [7, 11) is 1.84. The van der Waals surface area contributed by atoms with Gasteiger partial charge < -0.3 is 5.11 Å². The number of carboxylic acid groups (broad SMARTS) is 1. The lowest BCUT2D eigenvalue weighted by Gasteiger charge is -2.24. The third-order valence-electron chi connectivity index (χ3n) is 3.55. The van der Waals surface area contributed by atoms with E-state index in [1.807, 2.05) is 19.2 Å². The predicted molar refractivity (Wildman–Crippen MR) is 71.9 cm³/mol. The van der Waals surface area contributed by atoms with Gasteiger partial charge >= 0.3 is 5.97 Å². The minimum atomic E-state index is -0.755. The van der Waals surface area contributed by atoms with Crippen molar-refractivity contribution in [2.45, 2.75) is 44.9 Å². The van der Waals surface area contributed by atoms with E-state index < -0.39 is 11.9 Å². The van der Waals surface area contributed by atoms with E-state index in [9.17, 15) is 9.90 Å². The van der Waals surface area contributed by atoms with Crippen LogP contribution in [0.4, 0.5) is 0 Å². The van der Waals surface area contributed by atoms with Gasteiger partial charge in [0, 0.05) is 18.4 Å². The average Bonchev–Trinajstić information content (AvgIpc) is 2.71. The van der Waals surface area contributed by atoms with Crippen LogP contribution in [0.5, 0.6) is 0 Å². The molecule has 0 radical (unpaired) electrons. The molecule has 0 fully saturated rings. The maximum atomic E-state index is 11.4. The van der Waals surface area contributed by atoms with Crippen LogP contribution in [0.2, 0.25) is 0 Å². The van der Waals surface area contributed by atoms with Gasteiger partial charge in [-0.2, -0.15) is 5.10 Å². The lowest BCUT2D eigenvalue weighted by molar-refractivity contribution is -0.142. The molecule has 2 rings (SSSR count). The van der Waals surface area contributed by atoms with Crippen molar-refractivity contribution in [3.8, 4) is 0 Å². The fourth-order valence-electron chi connectivity index (χ4n) is 2.41. The molecule has 0 spiro atoms. The normalized spacial score (nSPS) is 23.6. The van der Waals surface area contributed by atoms with Crippen molar-refractivity contribution in [3.05, 3.63) is 23.8 Å². The van der Waals surface area contributed by atoms with E-state index >= 15 is 0 Å². The van der Waals surface area contributed by atoms with Crippen LogP contribution >= 0.6 is 0 Å². The van der Waals surface area contributed by atoms with E-state index in [4.69, 9.17) is 0 Å². The van der Waals surface area contributed by atoms with Gasteiger partial charge in [-0.05, 0) is 12.8 Å². The van der Waals surface area contributed by atoms with E-state index in [2.05, 4.69) is 30.9 Å². The highest BCUT2D eigenvalue weighted by Gasteiger charge is 2.34. The number of allylic oxidation sites excluding steroid dienone is 2. The molecular formula is C14H21N3O2. The number of aryl methyl sites for hydroxylation is 1. The van der Waals surface area contributed by atoms with Gasteiger partial charge in [0.25, 0.3) is 0 Å². The van der Waals surface area contributed by atoms with E-state index in [1.165, 1.54) is 0 Å². The number of hydrogen-bond donors (Lipinski definition) is 1. The average molecular weight is 263 g/mol. The topological polar surface area (TPSA) is 68.0 Å². The monoisotopic (exact) mass is 263 g/mol. The van der Waals surface area contributed by atoms with Crippen molar-refractivity contribution in [2.75, 3.05) is 0 Å². The van der Waals surface area contributed by atoms with Crippen LogP contribution in [0.1, 0.15) is 51.2 Å². The number of carbonyl (C=O) groups is 1. The maximum absolute atomic E-state index is 11.4. The van der Waals surface area contributed by atoms with Crippen LogP contribution in [0, 0.1) is 5.92 Å². The molecule has 5 heteroatoms. The van der Waals surface area contributed by atoms with Crippen molar-refractivity contribution < 1.29 is 9.90 Å². The van der Waals surface area contributed by atoms with Crippen molar-refractivity contribution in [1.82, 2.24) is 14.8 Å². The Balaban J connectivity index is 2.38. The summed E-state index contributed by atoms with van der Waals surface area (Å²) in [4.78, 5) is 16.0. The summed E-state index contributed by atoms with van der Waals surface area (Å²) in [5.74, 6) is 0.303. The number of aliphatic carboxylic acids is 1. The number of rotatable bonds is 2. The molecule has 1 aromatic rings. The first-order valence-electron chi connectivity index (χ1n) is 6.60. The third-order valence-corrected chi connectivity index (χ3v) is 3.55. The van der Waals surface area contributed by atoms with Crippen LogP contribution in [0.25, 0.3) is 0 Å². The van der Waals surface area contributed by atoms with Crippen LogP contribution < -0.4 is 0 Å². The van der Waals surface area contributed by atoms with Crippen molar-refractivity contribution in [2.24, 2.45) is 13.0 Å². The van der Waals surface area contributed by atoms with Gasteiger partial charge in [0.2, 0.25) is 0 Å². The molecule has 19 heavy (non-hydrogen) atoms. The fraction of sp³-hybridized carbons (Fsp3) is 0.643. The molecule has 0 saturated carbocycles. The molecule has 0 aliphatic heterocycles. The predicted octanol–water partition coefficient (Wildman–Crippen LogP) is 2.25. The van der Waals surface area contributed by atoms with Crippen LogP contribution in [0.3, 0.4) is 0 Å². The maximum Gasteiger partial charge on any atom is 0.307 e. The summed E-state index contributed by atoms with van der Waals surface area (Å²) in [6.45, 7) is 6.17. The summed E-state index contributed by atoms with van der Waals surface area (Å²) < 4.78 is 1.74. The number of aromatic nitrogens is 3. The molecule has 5 nitrogen and oxygen atoms in total. The minimum Gasteiger partial charge on any atom is -0.481 e. The summed E-state index contributed by atoms with van der Waals surface area (Å²) in [5, 5.41) is 13.8. The largest absolute Gasteiger partial charge is 0.481 e. The van der Waals surface area contributed by atoms with Crippen LogP contribution in [-0.2, 0) is 17.3 Å². The molecule has 1 aliphatic rings. The summed E-state index contributed by atoms with van der Waals surface area (Å²) in [5.41, 5.74) is -0.126. The molecule has 2 unspecified atom stereocenters. The highest BCUT2D eigenvalue weighted by Crippen LogP contribution is 2.34. The quantitative estimate of drug-likeness (QED) is 0.831. The number of carboxylic acids is 1. The number of nitrogens with zero attached hydrogens (tertiary/aromatic N) is 3. The zero-order chi connectivity index (χ0) is 14.2. The van der Waals surface area contributed by atoms with Crippen molar-refractivity contribution in [1.29, 1.82) is 0 Å². The molecule has 1 aromatic heterocycles. The lowest BCUT2D eigenvalue weighted by atomic mass is 9.82.